The van der Waals surface area contributed by atoms with Gasteiger partial charge in [0.2, 0.25) is 6.79 Å². The molecule has 0 unspecified atom stereocenters. The number of tetrazole rings is 1. The summed E-state index contributed by atoms with van der Waals surface area (Å²) in [5.41, 5.74) is 0.968. The summed E-state index contributed by atoms with van der Waals surface area (Å²) in [5, 5.41) is 26.4. The molecule has 2 aromatic carbocycles. The van der Waals surface area contributed by atoms with Crippen LogP contribution in [0.2, 0.25) is 0 Å². The van der Waals surface area contributed by atoms with Crippen molar-refractivity contribution >= 4 is 11.7 Å². The van der Waals surface area contributed by atoms with Gasteiger partial charge in [0.15, 0.2) is 11.5 Å². The summed E-state index contributed by atoms with van der Waals surface area (Å²) < 4.78 is 30.0. The monoisotopic (exact) mass is 477 g/mol. The van der Waals surface area contributed by atoms with E-state index in [-0.39, 0.29) is 44.2 Å². The summed E-state index contributed by atoms with van der Waals surface area (Å²) in [6.07, 6.45) is -0.774. The van der Waals surface area contributed by atoms with E-state index >= 15 is 0 Å². The maximum absolute atomic E-state index is 12.5. The molecule has 35 heavy (non-hydrogen) atoms. The Labute approximate surface area is 198 Å². The van der Waals surface area contributed by atoms with Crippen molar-refractivity contribution in [1.29, 1.82) is 5.26 Å². The second-order valence-electron chi connectivity index (χ2n) is 8.08. The molecule has 0 aliphatic carbocycles. The minimum Gasteiger partial charge on any atom is -0.454 e. The summed E-state index contributed by atoms with van der Waals surface area (Å²) in [6, 6.07) is 12.9. The van der Waals surface area contributed by atoms with Crippen LogP contribution in [0.3, 0.4) is 0 Å². The number of carbonyl (C=O) groups is 1. The number of nitrogens with one attached hydrogen (secondary N) is 2. The summed E-state index contributed by atoms with van der Waals surface area (Å²) in [5.74, 6) is 1.71. The third kappa shape index (κ3) is 4.05. The number of aromatic nitrogens is 4. The number of anilines is 1. The van der Waals surface area contributed by atoms with Crippen molar-refractivity contribution in [3.63, 3.8) is 0 Å². The molecule has 178 valence electrons. The van der Waals surface area contributed by atoms with Crippen LogP contribution >= 0.6 is 0 Å². The lowest BCUT2D eigenvalue weighted by Crippen LogP contribution is -2.45. The summed E-state index contributed by atoms with van der Waals surface area (Å²) >= 11 is 0. The number of hydrogen-bond acceptors (Lipinski definition) is 10. The molecular formula is C22H19N7O6. The fraction of sp³-hybridized carbons (Fsp3) is 0.318. The first-order valence-electron chi connectivity index (χ1n) is 10.8. The Morgan fingerprint density at radius 3 is 2.91 bits per heavy atom. The molecule has 4 heterocycles. The number of rotatable bonds is 5. The topological polar surface area (TPSA) is 155 Å². The van der Waals surface area contributed by atoms with Gasteiger partial charge in [-0.1, -0.05) is 11.2 Å². The van der Waals surface area contributed by atoms with Gasteiger partial charge in [0.05, 0.1) is 30.9 Å². The van der Waals surface area contributed by atoms with E-state index in [1.54, 1.807) is 42.5 Å². The van der Waals surface area contributed by atoms with Crippen molar-refractivity contribution in [2.75, 3.05) is 25.3 Å². The highest BCUT2D eigenvalue weighted by atomic mass is 16.7. The van der Waals surface area contributed by atoms with Crippen LogP contribution in [-0.4, -0.2) is 64.5 Å². The number of nitriles is 1. The second-order valence-corrected chi connectivity index (χ2v) is 8.08. The zero-order valence-electron chi connectivity index (χ0n) is 18.2. The number of ether oxygens (including phenoxy) is 5. The highest BCUT2D eigenvalue weighted by molar-refractivity contribution is 5.89. The van der Waals surface area contributed by atoms with Crippen LogP contribution in [0.4, 0.5) is 10.5 Å². The number of fused-ring (bicyclic) bond motifs is 2. The van der Waals surface area contributed by atoms with Crippen molar-refractivity contribution in [2.24, 2.45) is 0 Å². The second kappa shape index (κ2) is 8.75. The molecule has 3 aromatic rings. The molecule has 0 radical (unpaired) electrons. The predicted molar refractivity (Wildman–Crippen MR) is 116 cm³/mol. The van der Waals surface area contributed by atoms with E-state index in [1.807, 2.05) is 6.07 Å². The Hall–Kier alpha value is -4.41. The largest absolute Gasteiger partial charge is 0.454 e. The van der Waals surface area contributed by atoms with Gasteiger partial charge in [-0.15, -0.1) is 0 Å². The van der Waals surface area contributed by atoms with Crippen LogP contribution in [0.1, 0.15) is 11.6 Å². The van der Waals surface area contributed by atoms with Crippen molar-refractivity contribution in [2.45, 2.75) is 24.3 Å². The maximum atomic E-state index is 12.5. The third-order valence-corrected chi connectivity index (χ3v) is 5.92. The first kappa shape index (κ1) is 21.1. The van der Waals surface area contributed by atoms with Crippen LogP contribution in [0.5, 0.6) is 23.3 Å². The van der Waals surface area contributed by atoms with Gasteiger partial charge in [-0.2, -0.15) is 9.94 Å². The summed E-state index contributed by atoms with van der Waals surface area (Å²) in [4.78, 5) is 12.5. The van der Waals surface area contributed by atoms with Crippen molar-refractivity contribution in [3.8, 4) is 29.3 Å². The lowest BCUT2D eigenvalue weighted by atomic mass is 10.1. The van der Waals surface area contributed by atoms with Gasteiger partial charge in [0.25, 0.3) is 0 Å². The molecule has 13 nitrogen and oxygen atoms in total. The van der Waals surface area contributed by atoms with E-state index in [0.717, 1.165) is 0 Å². The van der Waals surface area contributed by atoms with Gasteiger partial charge in [0.1, 0.15) is 24.0 Å². The molecule has 2 fully saturated rings. The van der Waals surface area contributed by atoms with E-state index < -0.39 is 12.1 Å². The fourth-order valence-corrected chi connectivity index (χ4v) is 4.32. The average molecular weight is 477 g/mol. The number of nitrogens with zero attached hydrogens (tertiary/aromatic N) is 5. The molecule has 0 spiro atoms. The molecule has 1 aromatic heterocycles. The molecule has 0 bridgehead atoms. The Kier molecular flexibility index (Phi) is 5.28. The van der Waals surface area contributed by atoms with Crippen LogP contribution in [0.15, 0.2) is 42.5 Å². The van der Waals surface area contributed by atoms with Gasteiger partial charge < -0.3 is 34.3 Å². The molecule has 3 aliphatic rings. The lowest BCUT2D eigenvalue weighted by Gasteiger charge is -2.18. The number of benzene rings is 2. The quantitative estimate of drug-likeness (QED) is 0.553. The molecule has 0 saturated carbocycles. The normalized spacial score (nSPS) is 24.0. The standard InChI is InChI=1S/C22H19N7O6/c23-8-12-2-1-3-13(6-12)24-21(30)25-15-9-31-20-16(10-32-19(15)20)29-22(26-27-28-29)35-14-4-5-17-18(7-14)34-11-33-17/h1-7,15-16,19-20H,9-11H2,(H2,24,25,30)/t15-,16+,19-,20+/m1/s1. The summed E-state index contributed by atoms with van der Waals surface area (Å²) in [7, 11) is 0. The highest BCUT2D eigenvalue weighted by Gasteiger charge is 2.50. The lowest BCUT2D eigenvalue weighted by molar-refractivity contribution is 0.0613. The van der Waals surface area contributed by atoms with Crippen LogP contribution in [-0.2, 0) is 9.47 Å². The molecular weight excluding hydrogens is 458 g/mol. The van der Waals surface area contributed by atoms with E-state index in [0.29, 0.717) is 28.5 Å². The predicted octanol–water partition coefficient (Wildman–Crippen LogP) is 1.59. The zero-order valence-corrected chi connectivity index (χ0v) is 18.2. The molecule has 2 saturated heterocycles. The van der Waals surface area contributed by atoms with Crippen LogP contribution < -0.4 is 24.8 Å². The Bertz CT molecular complexity index is 1310. The average Bonchev–Trinajstić information content (AvgIpc) is 3.65. The minimum absolute atomic E-state index is 0.163. The number of hydrogen-bond donors (Lipinski definition) is 2. The molecule has 3 aliphatic heterocycles. The Balaban J connectivity index is 1.11. The molecule has 2 N–H and O–H groups in total. The first-order chi connectivity index (χ1) is 17.2. The first-order valence-corrected chi connectivity index (χ1v) is 10.8. The van der Waals surface area contributed by atoms with Crippen molar-refractivity contribution < 1.29 is 28.5 Å². The van der Waals surface area contributed by atoms with Gasteiger partial charge >= 0.3 is 12.0 Å². The number of urea groups is 1. The van der Waals surface area contributed by atoms with E-state index in [9.17, 15) is 4.79 Å². The van der Waals surface area contributed by atoms with Gasteiger partial charge in [0, 0.05) is 11.8 Å². The Morgan fingerprint density at radius 2 is 2.00 bits per heavy atom. The van der Waals surface area contributed by atoms with Crippen molar-refractivity contribution in [3.05, 3.63) is 48.0 Å². The fourth-order valence-electron chi connectivity index (χ4n) is 4.32. The zero-order chi connectivity index (χ0) is 23.8. The van der Waals surface area contributed by atoms with Gasteiger partial charge in [-0.25, -0.2) is 4.79 Å². The smallest absolute Gasteiger partial charge is 0.341 e. The minimum atomic E-state index is -0.421. The molecule has 4 atom stereocenters. The van der Waals surface area contributed by atoms with Crippen LogP contribution in [0.25, 0.3) is 0 Å². The molecule has 6 rings (SSSR count). The molecule has 13 heteroatoms. The highest BCUT2D eigenvalue weighted by Crippen LogP contribution is 2.38. The SMILES string of the molecule is N#Cc1cccc(NC(=O)N[C@@H]2CO[C@@H]3[C@@H]2OC[C@@H]3n2nnnc2Oc2ccc3c(c2)OCO3)c1. The summed E-state index contributed by atoms with van der Waals surface area (Å²) in [6.45, 7) is 0.704. The van der Waals surface area contributed by atoms with Crippen molar-refractivity contribution in [1.82, 2.24) is 25.5 Å². The Morgan fingerprint density at radius 1 is 1.11 bits per heavy atom. The van der Waals surface area contributed by atoms with E-state index in [2.05, 4.69) is 26.2 Å². The van der Waals surface area contributed by atoms with E-state index in [4.69, 9.17) is 28.9 Å². The van der Waals surface area contributed by atoms with Gasteiger partial charge in [-0.05, 0) is 40.8 Å². The molecule has 2 amide bonds. The number of amides is 2. The third-order valence-electron chi connectivity index (χ3n) is 5.92. The maximum Gasteiger partial charge on any atom is 0.341 e. The number of carbonyl (C=O) groups excluding carboxylic acids is 1. The van der Waals surface area contributed by atoms with Gasteiger partial charge in [-0.3, -0.25) is 0 Å². The van der Waals surface area contributed by atoms with E-state index in [1.165, 1.54) is 4.68 Å². The van der Waals surface area contributed by atoms with Crippen LogP contribution in [0, 0.1) is 11.3 Å².